The quantitative estimate of drug-likeness (QED) is 0.614. The van der Waals surface area contributed by atoms with E-state index in [4.69, 9.17) is 5.11 Å². The molecule has 0 bridgehead atoms. The van der Waals surface area contributed by atoms with Gasteiger partial charge in [0.05, 0.1) is 6.10 Å². The lowest BCUT2D eigenvalue weighted by Crippen LogP contribution is -2.19. The SMILES string of the molecule is O=C(O)c1cc(C(O)C(O)CCBr)ccc1O. The normalized spacial score (nSPS) is 14.3. The molecule has 0 spiro atoms. The number of carboxylic acid groups (broad SMARTS) is 1. The lowest BCUT2D eigenvalue weighted by molar-refractivity contribution is 0.0172. The van der Waals surface area contributed by atoms with Crippen LogP contribution in [0, 0.1) is 0 Å². The maximum atomic E-state index is 10.8. The molecule has 5 nitrogen and oxygen atoms in total. The van der Waals surface area contributed by atoms with Gasteiger partial charge in [-0.15, -0.1) is 0 Å². The summed E-state index contributed by atoms with van der Waals surface area (Å²) in [5.74, 6) is -1.66. The van der Waals surface area contributed by atoms with E-state index < -0.39 is 18.2 Å². The minimum atomic E-state index is -1.29. The minimum Gasteiger partial charge on any atom is -0.507 e. The Morgan fingerprint density at radius 3 is 2.53 bits per heavy atom. The van der Waals surface area contributed by atoms with Crippen LogP contribution in [0.2, 0.25) is 0 Å². The molecule has 0 aliphatic carbocycles. The molecular formula is C11H13BrO5. The molecule has 0 heterocycles. The van der Waals surface area contributed by atoms with Crippen molar-refractivity contribution in [3.05, 3.63) is 29.3 Å². The number of halogens is 1. The van der Waals surface area contributed by atoms with Gasteiger partial charge in [0.15, 0.2) is 0 Å². The largest absolute Gasteiger partial charge is 0.507 e. The predicted octanol–water partition coefficient (Wildman–Crippen LogP) is 1.27. The van der Waals surface area contributed by atoms with Crippen LogP contribution in [0.25, 0.3) is 0 Å². The number of rotatable bonds is 5. The van der Waals surface area contributed by atoms with Crippen molar-refractivity contribution in [2.75, 3.05) is 5.33 Å². The van der Waals surface area contributed by atoms with Crippen molar-refractivity contribution in [3.8, 4) is 5.75 Å². The van der Waals surface area contributed by atoms with Crippen LogP contribution in [0.1, 0.15) is 28.4 Å². The number of phenols is 1. The highest BCUT2D eigenvalue weighted by atomic mass is 79.9. The second-order valence-corrected chi connectivity index (χ2v) is 4.36. The van der Waals surface area contributed by atoms with E-state index >= 15 is 0 Å². The smallest absolute Gasteiger partial charge is 0.339 e. The molecule has 94 valence electrons. The average Bonchev–Trinajstić information content (AvgIpc) is 2.28. The predicted molar refractivity (Wildman–Crippen MR) is 64.4 cm³/mol. The number of benzene rings is 1. The van der Waals surface area contributed by atoms with E-state index in [2.05, 4.69) is 15.9 Å². The first kappa shape index (κ1) is 14.0. The summed E-state index contributed by atoms with van der Waals surface area (Å²) in [4.78, 5) is 10.8. The molecule has 0 fully saturated rings. The van der Waals surface area contributed by atoms with E-state index in [9.17, 15) is 20.1 Å². The monoisotopic (exact) mass is 304 g/mol. The van der Waals surface area contributed by atoms with E-state index in [0.29, 0.717) is 11.8 Å². The third kappa shape index (κ3) is 3.42. The first-order valence-corrected chi connectivity index (χ1v) is 6.07. The highest BCUT2D eigenvalue weighted by Gasteiger charge is 2.20. The van der Waals surface area contributed by atoms with Crippen molar-refractivity contribution in [3.63, 3.8) is 0 Å². The number of hydrogen-bond acceptors (Lipinski definition) is 4. The number of hydrogen-bond donors (Lipinski definition) is 4. The van der Waals surface area contributed by atoms with Crippen LogP contribution < -0.4 is 0 Å². The lowest BCUT2D eigenvalue weighted by atomic mass is 10.00. The van der Waals surface area contributed by atoms with E-state index in [1.807, 2.05) is 0 Å². The standard InChI is InChI=1S/C11H13BrO5/c12-4-3-9(14)10(15)6-1-2-8(13)7(5-6)11(16)17/h1-2,5,9-10,13-15H,3-4H2,(H,16,17). The van der Waals surface area contributed by atoms with E-state index in [0.717, 1.165) is 6.07 Å². The first-order valence-electron chi connectivity index (χ1n) is 4.95. The number of carboxylic acids is 1. The van der Waals surface area contributed by atoms with Crippen molar-refractivity contribution in [1.29, 1.82) is 0 Å². The zero-order chi connectivity index (χ0) is 13.0. The Morgan fingerprint density at radius 1 is 1.35 bits per heavy atom. The Kier molecular flexibility index (Phi) is 4.92. The van der Waals surface area contributed by atoms with E-state index in [-0.39, 0.29) is 16.9 Å². The van der Waals surface area contributed by atoms with Crippen molar-refractivity contribution in [2.24, 2.45) is 0 Å². The Labute approximate surface area is 106 Å². The van der Waals surface area contributed by atoms with Gasteiger partial charge in [-0.2, -0.15) is 0 Å². The Balaban J connectivity index is 2.99. The fraction of sp³-hybridized carbons (Fsp3) is 0.364. The van der Waals surface area contributed by atoms with Gasteiger partial charge in [0.1, 0.15) is 17.4 Å². The van der Waals surface area contributed by atoms with Crippen LogP contribution in [0.4, 0.5) is 0 Å². The average molecular weight is 305 g/mol. The first-order chi connectivity index (χ1) is 7.97. The molecule has 0 radical (unpaired) electrons. The maximum Gasteiger partial charge on any atom is 0.339 e. The van der Waals surface area contributed by atoms with Crippen molar-refractivity contribution in [2.45, 2.75) is 18.6 Å². The van der Waals surface area contributed by atoms with Gasteiger partial charge >= 0.3 is 5.97 Å². The molecule has 1 aromatic carbocycles. The molecule has 1 aromatic rings. The number of aromatic carboxylic acids is 1. The molecule has 6 heteroatoms. The van der Waals surface area contributed by atoms with Crippen molar-refractivity contribution < 1.29 is 25.2 Å². The van der Waals surface area contributed by atoms with Crippen molar-refractivity contribution in [1.82, 2.24) is 0 Å². The molecule has 0 aromatic heterocycles. The van der Waals surface area contributed by atoms with E-state index in [1.165, 1.54) is 12.1 Å². The van der Waals surface area contributed by atoms with Gasteiger partial charge in [0.2, 0.25) is 0 Å². The molecule has 2 unspecified atom stereocenters. The summed E-state index contributed by atoms with van der Waals surface area (Å²) in [6, 6.07) is 3.71. The number of alkyl halides is 1. The van der Waals surface area contributed by atoms with E-state index in [1.54, 1.807) is 0 Å². The fourth-order valence-corrected chi connectivity index (χ4v) is 1.87. The lowest BCUT2D eigenvalue weighted by Gasteiger charge is -2.17. The Hall–Kier alpha value is -1.11. The van der Waals surface area contributed by atoms with Gasteiger partial charge in [-0.05, 0) is 24.1 Å². The molecule has 1 rings (SSSR count). The summed E-state index contributed by atoms with van der Waals surface area (Å²) in [7, 11) is 0. The fourth-order valence-electron chi connectivity index (χ4n) is 1.40. The van der Waals surface area contributed by atoms with Crippen LogP contribution >= 0.6 is 15.9 Å². The number of aliphatic hydroxyl groups is 2. The molecule has 0 aliphatic rings. The molecule has 0 saturated heterocycles. The zero-order valence-electron chi connectivity index (χ0n) is 8.88. The van der Waals surface area contributed by atoms with Crippen LogP contribution in [-0.4, -0.2) is 37.8 Å². The van der Waals surface area contributed by atoms with Gasteiger partial charge in [0, 0.05) is 5.33 Å². The topological polar surface area (TPSA) is 98.0 Å². The molecule has 0 amide bonds. The number of aliphatic hydroxyl groups excluding tert-OH is 2. The second-order valence-electron chi connectivity index (χ2n) is 3.57. The van der Waals surface area contributed by atoms with Crippen LogP contribution in [0.5, 0.6) is 5.75 Å². The summed E-state index contributed by atoms with van der Waals surface area (Å²) < 4.78 is 0. The Morgan fingerprint density at radius 2 is 2.00 bits per heavy atom. The van der Waals surface area contributed by atoms with Gasteiger partial charge in [-0.25, -0.2) is 4.79 Å². The third-order valence-corrected chi connectivity index (χ3v) is 2.82. The molecule has 4 N–H and O–H groups in total. The third-order valence-electron chi connectivity index (χ3n) is 2.36. The highest BCUT2D eigenvalue weighted by Crippen LogP contribution is 2.25. The summed E-state index contributed by atoms with van der Waals surface area (Å²) in [6.07, 6.45) is -1.82. The molecule has 2 atom stereocenters. The second kappa shape index (κ2) is 6.00. The molecule has 17 heavy (non-hydrogen) atoms. The summed E-state index contributed by atoms with van der Waals surface area (Å²) in [5, 5.41) is 38.0. The summed E-state index contributed by atoms with van der Waals surface area (Å²) in [5.41, 5.74) is -0.0405. The van der Waals surface area contributed by atoms with Gasteiger partial charge < -0.3 is 20.4 Å². The maximum absolute atomic E-state index is 10.8. The van der Waals surface area contributed by atoms with Gasteiger partial charge in [-0.3, -0.25) is 0 Å². The minimum absolute atomic E-state index is 0.258. The van der Waals surface area contributed by atoms with Crippen LogP contribution in [0.3, 0.4) is 0 Å². The van der Waals surface area contributed by atoms with Gasteiger partial charge in [-0.1, -0.05) is 22.0 Å². The van der Waals surface area contributed by atoms with Crippen LogP contribution in [-0.2, 0) is 0 Å². The number of aromatic hydroxyl groups is 1. The van der Waals surface area contributed by atoms with Crippen molar-refractivity contribution >= 4 is 21.9 Å². The molecular weight excluding hydrogens is 292 g/mol. The molecule has 0 saturated carbocycles. The highest BCUT2D eigenvalue weighted by molar-refractivity contribution is 9.09. The summed E-state index contributed by atoms with van der Waals surface area (Å²) in [6.45, 7) is 0. The summed E-state index contributed by atoms with van der Waals surface area (Å²) >= 11 is 3.13. The van der Waals surface area contributed by atoms with Crippen LogP contribution in [0.15, 0.2) is 18.2 Å². The Bertz CT molecular complexity index is 407. The number of carbonyl (C=O) groups is 1. The zero-order valence-corrected chi connectivity index (χ0v) is 10.5. The van der Waals surface area contributed by atoms with Gasteiger partial charge in [0.25, 0.3) is 0 Å². The molecule has 0 aliphatic heterocycles.